The van der Waals surface area contributed by atoms with Crippen molar-refractivity contribution in [1.29, 1.82) is 0 Å². The van der Waals surface area contributed by atoms with Gasteiger partial charge in [0.15, 0.2) is 0 Å². The largest absolute Gasteiger partial charge is 0.333 e. The van der Waals surface area contributed by atoms with E-state index in [9.17, 15) is 4.79 Å². The Balaban J connectivity index is 2.11. The van der Waals surface area contributed by atoms with Crippen LogP contribution in [0.3, 0.4) is 0 Å². The second kappa shape index (κ2) is 4.03. The maximum atomic E-state index is 12.1. The first-order valence-corrected chi connectivity index (χ1v) is 6.25. The van der Waals surface area contributed by atoms with Crippen LogP contribution in [0.1, 0.15) is 0 Å². The Hall–Kier alpha value is -2.95. The van der Waals surface area contributed by atoms with Crippen LogP contribution in [-0.4, -0.2) is 19.9 Å². The summed E-state index contributed by atoms with van der Waals surface area (Å²) >= 11 is 0. The molecule has 20 heavy (non-hydrogen) atoms. The van der Waals surface area contributed by atoms with Crippen LogP contribution in [-0.2, 0) is 0 Å². The first-order valence-electron chi connectivity index (χ1n) is 6.25. The SMILES string of the molecule is O=c1[nH]c2ncccc2c2nc(-c3ccccc3)[nH]c12. The summed E-state index contributed by atoms with van der Waals surface area (Å²) in [4.78, 5) is 26.6. The van der Waals surface area contributed by atoms with E-state index in [1.54, 1.807) is 6.20 Å². The second-order valence-corrected chi connectivity index (χ2v) is 4.53. The van der Waals surface area contributed by atoms with Crippen LogP contribution in [0, 0.1) is 0 Å². The van der Waals surface area contributed by atoms with Gasteiger partial charge in [-0.2, -0.15) is 0 Å². The molecule has 0 aliphatic carbocycles. The number of aromatic nitrogens is 4. The van der Waals surface area contributed by atoms with E-state index in [1.165, 1.54) is 0 Å². The molecule has 0 unspecified atom stereocenters. The Morgan fingerprint density at radius 1 is 0.950 bits per heavy atom. The monoisotopic (exact) mass is 262 g/mol. The summed E-state index contributed by atoms with van der Waals surface area (Å²) in [6.07, 6.45) is 1.65. The third-order valence-corrected chi connectivity index (χ3v) is 3.27. The number of H-pyrrole nitrogens is 2. The normalized spacial score (nSPS) is 11.2. The number of hydrogen-bond acceptors (Lipinski definition) is 3. The fourth-order valence-corrected chi connectivity index (χ4v) is 2.33. The lowest BCUT2D eigenvalue weighted by Crippen LogP contribution is -2.07. The molecule has 0 saturated heterocycles. The quantitative estimate of drug-likeness (QED) is 0.553. The van der Waals surface area contributed by atoms with E-state index in [4.69, 9.17) is 0 Å². The molecule has 5 nitrogen and oxygen atoms in total. The van der Waals surface area contributed by atoms with E-state index in [0.29, 0.717) is 22.5 Å². The zero-order chi connectivity index (χ0) is 13.5. The first kappa shape index (κ1) is 10.9. The van der Waals surface area contributed by atoms with Crippen molar-refractivity contribution in [3.8, 4) is 11.4 Å². The summed E-state index contributed by atoms with van der Waals surface area (Å²) in [5, 5.41) is 0.834. The Bertz CT molecular complexity index is 969. The van der Waals surface area contributed by atoms with Gasteiger partial charge in [-0.05, 0) is 12.1 Å². The summed E-state index contributed by atoms with van der Waals surface area (Å²) in [5.41, 5.74) is 2.41. The minimum atomic E-state index is -0.208. The zero-order valence-corrected chi connectivity index (χ0v) is 10.4. The van der Waals surface area contributed by atoms with Crippen molar-refractivity contribution in [3.05, 3.63) is 59.0 Å². The van der Waals surface area contributed by atoms with Gasteiger partial charge in [-0.25, -0.2) is 9.97 Å². The molecule has 3 heterocycles. The molecule has 0 aliphatic heterocycles. The maximum absolute atomic E-state index is 12.1. The molecule has 0 radical (unpaired) electrons. The second-order valence-electron chi connectivity index (χ2n) is 4.53. The molecular weight excluding hydrogens is 252 g/mol. The predicted octanol–water partition coefficient (Wildman–Crippen LogP) is 2.47. The van der Waals surface area contributed by atoms with Crippen LogP contribution < -0.4 is 5.56 Å². The van der Waals surface area contributed by atoms with Gasteiger partial charge in [0.05, 0.1) is 0 Å². The van der Waals surface area contributed by atoms with Crippen LogP contribution >= 0.6 is 0 Å². The molecule has 5 heteroatoms. The summed E-state index contributed by atoms with van der Waals surface area (Å²) in [5.74, 6) is 0.683. The number of imidazole rings is 1. The first-order chi connectivity index (χ1) is 9.83. The number of pyridine rings is 2. The number of nitrogens with one attached hydrogen (secondary N) is 2. The fourth-order valence-electron chi connectivity index (χ4n) is 2.33. The van der Waals surface area contributed by atoms with Gasteiger partial charge in [0.2, 0.25) is 0 Å². The zero-order valence-electron chi connectivity index (χ0n) is 10.4. The van der Waals surface area contributed by atoms with Gasteiger partial charge >= 0.3 is 0 Å². The number of fused-ring (bicyclic) bond motifs is 3. The average Bonchev–Trinajstić information content (AvgIpc) is 2.94. The molecule has 0 spiro atoms. The van der Waals surface area contributed by atoms with Crippen molar-refractivity contribution in [1.82, 2.24) is 19.9 Å². The lowest BCUT2D eigenvalue weighted by molar-refractivity contribution is 1.24. The van der Waals surface area contributed by atoms with Crippen molar-refractivity contribution >= 4 is 22.1 Å². The Kier molecular flexibility index (Phi) is 2.20. The number of hydrogen-bond donors (Lipinski definition) is 2. The van der Waals surface area contributed by atoms with Crippen molar-refractivity contribution in [3.63, 3.8) is 0 Å². The van der Waals surface area contributed by atoms with Crippen molar-refractivity contribution < 1.29 is 0 Å². The Morgan fingerprint density at radius 3 is 2.65 bits per heavy atom. The van der Waals surface area contributed by atoms with Gasteiger partial charge in [0.1, 0.15) is 22.5 Å². The van der Waals surface area contributed by atoms with E-state index >= 15 is 0 Å². The van der Waals surface area contributed by atoms with Gasteiger partial charge in [-0.15, -0.1) is 0 Å². The Labute approximate surface area is 113 Å². The molecule has 2 N–H and O–H groups in total. The number of rotatable bonds is 1. The third kappa shape index (κ3) is 1.53. The summed E-state index contributed by atoms with van der Waals surface area (Å²) in [6, 6.07) is 13.4. The molecule has 0 fully saturated rings. The molecular formula is C15H10N4O. The standard InChI is InChI=1S/C15H10N4O/c20-15-12-11(10-7-4-8-16-14(10)19-15)17-13(18-12)9-5-2-1-3-6-9/h1-8H,(H,17,18)(H,16,19,20). The summed E-state index contributed by atoms with van der Waals surface area (Å²) in [6.45, 7) is 0. The lowest BCUT2D eigenvalue weighted by atomic mass is 10.2. The maximum Gasteiger partial charge on any atom is 0.275 e. The molecule has 0 bridgehead atoms. The molecule has 3 aromatic heterocycles. The van der Waals surface area contributed by atoms with Crippen LogP contribution in [0.4, 0.5) is 0 Å². The highest BCUT2D eigenvalue weighted by atomic mass is 16.1. The summed E-state index contributed by atoms with van der Waals surface area (Å²) < 4.78 is 0. The molecule has 0 saturated carbocycles. The van der Waals surface area contributed by atoms with E-state index in [2.05, 4.69) is 19.9 Å². The number of benzene rings is 1. The van der Waals surface area contributed by atoms with Gasteiger partial charge in [0, 0.05) is 17.1 Å². The van der Waals surface area contributed by atoms with E-state index in [0.717, 1.165) is 10.9 Å². The third-order valence-electron chi connectivity index (χ3n) is 3.27. The van der Waals surface area contributed by atoms with Crippen molar-refractivity contribution in [2.45, 2.75) is 0 Å². The molecule has 0 atom stereocenters. The highest BCUT2D eigenvalue weighted by Gasteiger charge is 2.11. The molecule has 4 rings (SSSR count). The van der Waals surface area contributed by atoms with Crippen LogP contribution in [0.5, 0.6) is 0 Å². The minimum absolute atomic E-state index is 0.208. The van der Waals surface area contributed by atoms with E-state index in [-0.39, 0.29) is 5.56 Å². The highest BCUT2D eigenvalue weighted by Crippen LogP contribution is 2.22. The Morgan fingerprint density at radius 2 is 1.80 bits per heavy atom. The molecule has 1 aromatic carbocycles. The average molecular weight is 262 g/mol. The van der Waals surface area contributed by atoms with Gasteiger partial charge in [-0.3, -0.25) is 4.79 Å². The molecule has 0 aliphatic rings. The predicted molar refractivity (Wildman–Crippen MR) is 77.5 cm³/mol. The minimum Gasteiger partial charge on any atom is -0.333 e. The van der Waals surface area contributed by atoms with Gasteiger partial charge < -0.3 is 9.97 Å². The number of nitrogens with zero attached hydrogens (tertiary/aromatic N) is 2. The van der Waals surface area contributed by atoms with Gasteiger partial charge in [-0.1, -0.05) is 30.3 Å². The fraction of sp³-hybridized carbons (Fsp3) is 0. The van der Waals surface area contributed by atoms with Crippen molar-refractivity contribution in [2.75, 3.05) is 0 Å². The van der Waals surface area contributed by atoms with Gasteiger partial charge in [0.25, 0.3) is 5.56 Å². The smallest absolute Gasteiger partial charge is 0.275 e. The topological polar surface area (TPSA) is 74.4 Å². The lowest BCUT2D eigenvalue weighted by Gasteiger charge is -1.95. The highest BCUT2D eigenvalue weighted by molar-refractivity contribution is 6.01. The number of aromatic amines is 2. The van der Waals surface area contributed by atoms with E-state index < -0.39 is 0 Å². The molecule has 0 amide bonds. The van der Waals surface area contributed by atoms with Crippen LogP contribution in [0.2, 0.25) is 0 Å². The summed E-state index contributed by atoms with van der Waals surface area (Å²) in [7, 11) is 0. The van der Waals surface area contributed by atoms with Crippen LogP contribution in [0.15, 0.2) is 53.5 Å². The van der Waals surface area contributed by atoms with Crippen molar-refractivity contribution in [2.24, 2.45) is 0 Å². The van der Waals surface area contributed by atoms with E-state index in [1.807, 2.05) is 42.5 Å². The molecule has 96 valence electrons. The van der Waals surface area contributed by atoms with Crippen LogP contribution in [0.25, 0.3) is 33.5 Å². The molecule has 4 aromatic rings.